The van der Waals surface area contributed by atoms with Crippen LogP contribution in [-0.2, 0) is 5.54 Å². The fourth-order valence-electron chi connectivity index (χ4n) is 1.49. The predicted molar refractivity (Wildman–Crippen MR) is 73.3 cm³/mol. The molecule has 0 spiro atoms. The van der Waals surface area contributed by atoms with Gasteiger partial charge in [0, 0.05) is 5.02 Å². The van der Waals surface area contributed by atoms with Crippen LogP contribution in [-0.4, -0.2) is 15.0 Å². The Bertz CT molecular complexity index is 584. The van der Waals surface area contributed by atoms with Gasteiger partial charge in [0.05, 0.1) is 22.4 Å². The molecule has 2 N–H and O–H groups in total. The molecule has 1 heterocycles. The summed E-state index contributed by atoms with van der Waals surface area (Å²) in [5.41, 5.74) is 7.72. The summed E-state index contributed by atoms with van der Waals surface area (Å²) >= 11 is 12.3. The van der Waals surface area contributed by atoms with Crippen LogP contribution in [0.15, 0.2) is 18.3 Å². The number of aryl methyl sites for hydroxylation is 1. The van der Waals surface area contributed by atoms with Crippen molar-refractivity contribution in [1.29, 1.82) is 0 Å². The van der Waals surface area contributed by atoms with Crippen molar-refractivity contribution in [2.75, 3.05) is 0 Å². The van der Waals surface area contributed by atoms with Crippen molar-refractivity contribution in [2.24, 2.45) is 5.73 Å². The molecule has 1 aromatic heterocycles. The first-order chi connectivity index (χ1) is 8.29. The molecule has 0 radical (unpaired) electrons. The number of aromatic nitrogens is 3. The maximum Gasteiger partial charge on any atom is 0.102 e. The van der Waals surface area contributed by atoms with E-state index >= 15 is 0 Å². The molecule has 0 fully saturated rings. The predicted octanol–water partition coefficient (Wildman–Crippen LogP) is 3.08. The Labute approximate surface area is 116 Å². The molecule has 1 aromatic carbocycles. The van der Waals surface area contributed by atoms with Crippen LogP contribution >= 0.6 is 23.2 Å². The van der Waals surface area contributed by atoms with Crippen LogP contribution in [0.1, 0.15) is 25.1 Å². The Hall–Kier alpha value is -1.10. The third-order valence-corrected chi connectivity index (χ3v) is 3.34. The summed E-state index contributed by atoms with van der Waals surface area (Å²) in [7, 11) is 0. The summed E-state index contributed by atoms with van der Waals surface area (Å²) < 4.78 is 1.58. The van der Waals surface area contributed by atoms with Crippen LogP contribution in [0, 0.1) is 6.92 Å². The first-order valence-corrected chi connectivity index (χ1v) is 6.22. The van der Waals surface area contributed by atoms with Crippen LogP contribution in [0.2, 0.25) is 10.0 Å². The molecule has 0 aliphatic carbocycles. The summed E-state index contributed by atoms with van der Waals surface area (Å²) in [6.07, 6.45) is 1.76. The molecule has 0 aliphatic rings. The quantitative estimate of drug-likeness (QED) is 0.922. The average Bonchev–Trinajstić information content (AvgIpc) is 2.72. The first kappa shape index (κ1) is 13.3. The van der Waals surface area contributed by atoms with Crippen molar-refractivity contribution in [3.8, 4) is 5.69 Å². The van der Waals surface area contributed by atoms with E-state index in [1.54, 1.807) is 23.0 Å². The molecule has 0 aliphatic heterocycles. The number of nitrogens with two attached hydrogens (primary N) is 1. The van der Waals surface area contributed by atoms with Gasteiger partial charge in [-0.05, 0) is 38.5 Å². The Morgan fingerprint density at radius 3 is 2.44 bits per heavy atom. The highest BCUT2D eigenvalue weighted by molar-refractivity contribution is 6.35. The minimum atomic E-state index is -0.542. The van der Waals surface area contributed by atoms with Crippen molar-refractivity contribution in [3.05, 3.63) is 39.6 Å². The maximum atomic E-state index is 6.18. The zero-order valence-corrected chi connectivity index (χ0v) is 11.9. The molecule has 0 bridgehead atoms. The molecular weight excluding hydrogens is 271 g/mol. The van der Waals surface area contributed by atoms with Gasteiger partial charge in [-0.3, -0.25) is 0 Å². The number of rotatable bonds is 2. The summed E-state index contributed by atoms with van der Waals surface area (Å²) in [5, 5.41) is 9.28. The van der Waals surface area contributed by atoms with Crippen molar-refractivity contribution in [3.63, 3.8) is 0 Å². The Morgan fingerprint density at radius 1 is 1.22 bits per heavy atom. The topological polar surface area (TPSA) is 56.7 Å². The van der Waals surface area contributed by atoms with Gasteiger partial charge in [0.25, 0.3) is 0 Å². The summed E-state index contributed by atoms with van der Waals surface area (Å²) in [4.78, 5) is 0. The molecule has 2 aromatic rings. The lowest BCUT2D eigenvalue weighted by molar-refractivity contribution is 0.533. The second-order valence-electron chi connectivity index (χ2n) is 4.82. The lowest BCUT2D eigenvalue weighted by atomic mass is 10.0. The lowest BCUT2D eigenvalue weighted by Crippen LogP contribution is -2.29. The van der Waals surface area contributed by atoms with Crippen LogP contribution < -0.4 is 5.73 Å². The normalized spacial score (nSPS) is 11.9. The minimum Gasteiger partial charge on any atom is -0.320 e. The molecule has 0 atom stereocenters. The van der Waals surface area contributed by atoms with Gasteiger partial charge in [0.1, 0.15) is 5.69 Å². The number of nitrogens with zero attached hydrogens (tertiary/aromatic N) is 3. The zero-order valence-electron chi connectivity index (χ0n) is 10.4. The molecule has 96 valence electrons. The van der Waals surface area contributed by atoms with Crippen LogP contribution in [0.5, 0.6) is 0 Å². The van der Waals surface area contributed by atoms with Gasteiger partial charge >= 0.3 is 0 Å². The van der Waals surface area contributed by atoms with Gasteiger partial charge in [-0.1, -0.05) is 28.4 Å². The maximum absolute atomic E-state index is 6.18. The summed E-state index contributed by atoms with van der Waals surface area (Å²) in [6, 6.07) is 3.56. The van der Waals surface area contributed by atoms with E-state index in [0.717, 1.165) is 5.56 Å². The van der Waals surface area contributed by atoms with Gasteiger partial charge in [0.15, 0.2) is 0 Å². The highest BCUT2D eigenvalue weighted by Gasteiger charge is 2.19. The van der Waals surface area contributed by atoms with E-state index in [4.69, 9.17) is 28.9 Å². The van der Waals surface area contributed by atoms with Crippen molar-refractivity contribution < 1.29 is 0 Å². The van der Waals surface area contributed by atoms with Crippen molar-refractivity contribution in [1.82, 2.24) is 15.0 Å². The Balaban J connectivity index is 2.50. The first-order valence-electron chi connectivity index (χ1n) is 5.47. The standard InChI is InChI=1S/C12H14Cl2N4/c1-7-4-9(14)10(5-8(7)13)18-6-11(16-17-18)12(2,3)15/h4-6H,15H2,1-3H3. The second-order valence-corrected chi connectivity index (χ2v) is 5.64. The molecule has 0 amide bonds. The largest absolute Gasteiger partial charge is 0.320 e. The van der Waals surface area contributed by atoms with E-state index in [2.05, 4.69) is 10.3 Å². The van der Waals surface area contributed by atoms with Gasteiger partial charge in [0.2, 0.25) is 0 Å². The summed E-state index contributed by atoms with van der Waals surface area (Å²) in [5.74, 6) is 0. The minimum absolute atomic E-state index is 0.542. The molecule has 6 heteroatoms. The fourth-order valence-corrected chi connectivity index (χ4v) is 1.95. The van der Waals surface area contributed by atoms with E-state index < -0.39 is 5.54 Å². The smallest absolute Gasteiger partial charge is 0.102 e. The molecular formula is C12H14Cl2N4. The van der Waals surface area contributed by atoms with Crippen LogP contribution in [0.4, 0.5) is 0 Å². The van der Waals surface area contributed by atoms with Crippen molar-refractivity contribution >= 4 is 23.2 Å². The second kappa shape index (κ2) is 4.53. The van der Waals surface area contributed by atoms with E-state index in [0.29, 0.717) is 21.4 Å². The molecule has 2 rings (SSSR count). The summed E-state index contributed by atoms with van der Waals surface area (Å²) in [6.45, 7) is 5.63. The Kier molecular flexibility index (Phi) is 3.36. The number of hydrogen-bond acceptors (Lipinski definition) is 3. The van der Waals surface area contributed by atoms with E-state index in [1.165, 1.54) is 0 Å². The zero-order chi connectivity index (χ0) is 13.5. The average molecular weight is 285 g/mol. The van der Waals surface area contributed by atoms with Gasteiger partial charge in [-0.25, -0.2) is 4.68 Å². The highest BCUT2D eigenvalue weighted by Crippen LogP contribution is 2.27. The fraction of sp³-hybridized carbons (Fsp3) is 0.333. The number of benzene rings is 1. The Morgan fingerprint density at radius 2 is 1.89 bits per heavy atom. The molecule has 0 unspecified atom stereocenters. The van der Waals surface area contributed by atoms with Crippen LogP contribution in [0.25, 0.3) is 5.69 Å². The molecule has 18 heavy (non-hydrogen) atoms. The molecule has 4 nitrogen and oxygen atoms in total. The van der Waals surface area contributed by atoms with Crippen molar-refractivity contribution in [2.45, 2.75) is 26.3 Å². The third-order valence-electron chi connectivity index (χ3n) is 2.63. The van der Waals surface area contributed by atoms with E-state index in [9.17, 15) is 0 Å². The van der Waals surface area contributed by atoms with E-state index in [-0.39, 0.29) is 0 Å². The van der Waals surface area contributed by atoms with Gasteiger partial charge < -0.3 is 5.73 Å². The monoisotopic (exact) mass is 284 g/mol. The van der Waals surface area contributed by atoms with E-state index in [1.807, 2.05) is 20.8 Å². The molecule has 0 saturated carbocycles. The molecule has 0 saturated heterocycles. The van der Waals surface area contributed by atoms with Gasteiger partial charge in [-0.15, -0.1) is 5.10 Å². The SMILES string of the molecule is Cc1cc(Cl)c(-n2cc(C(C)(C)N)nn2)cc1Cl. The third kappa shape index (κ3) is 2.51. The number of halogens is 2. The lowest BCUT2D eigenvalue weighted by Gasteiger charge is -2.13. The van der Waals surface area contributed by atoms with Crippen LogP contribution in [0.3, 0.4) is 0 Å². The number of hydrogen-bond donors (Lipinski definition) is 1. The highest BCUT2D eigenvalue weighted by atomic mass is 35.5. The van der Waals surface area contributed by atoms with Gasteiger partial charge in [-0.2, -0.15) is 0 Å².